The van der Waals surface area contributed by atoms with Gasteiger partial charge in [0.05, 0.1) is 16.6 Å². The fourth-order valence-electron chi connectivity index (χ4n) is 3.16. The van der Waals surface area contributed by atoms with E-state index in [1.807, 2.05) is 38.1 Å². The SMILES string of the molecule is Cc1ccc(-n2c(C=Cc3ccc(F)c(F)c3)nc3ccccc3c2=O)cc1C. The summed E-state index contributed by atoms with van der Waals surface area (Å²) in [6.45, 7) is 3.99. The molecule has 3 nitrogen and oxygen atoms in total. The number of hydrogen-bond donors (Lipinski definition) is 0. The molecule has 3 aromatic carbocycles. The lowest BCUT2D eigenvalue weighted by Crippen LogP contribution is -2.22. The average Bonchev–Trinajstić information content (AvgIpc) is 2.71. The number of benzene rings is 3. The first kappa shape index (κ1) is 18.7. The van der Waals surface area contributed by atoms with Gasteiger partial charge in [-0.1, -0.05) is 30.3 Å². The van der Waals surface area contributed by atoms with Gasteiger partial charge in [0.2, 0.25) is 0 Å². The Morgan fingerprint density at radius 3 is 2.41 bits per heavy atom. The Kier molecular flexibility index (Phi) is 4.80. The van der Waals surface area contributed by atoms with Crippen molar-refractivity contribution in [2.24, 2.45) is 0 Å². The topological polar surface area (TPSA) is 34.9 Å². The van der Waals surface area contributed by atoms with E-state index in [1.165, 1.54) is 10.6 Å². The van der Waals surface area contributed by atoms with Gasteiger partial charge in [0.1, 0.15) is 5.82 Å². The Labute approximate surface area is 166 Å². The van der Waals surface area contributed by atoms with E-state index in [-0.39, 0.29) is 5.56 Å². The molecule has 0 fully saturated rings. The zero-order chi connectivity index (χ0) is 20.5. The van der Waals surface area contributed by atoms with E-state index in [1.54, 1.807) is 30.4 Å². The smallest absolute Gasteiger partial charge is 0.266 e. The third-order valence-electron chi connectivity index (χ3n) is 4.92. The van der Waals surface area contributed by atoms with Crippen molar-refractivity contribution in [3.05, 3.63) is 105 Å². The molecule has 0 saturated carbocycles. The maximum absolute atomic E-state index is 13.5. The highest BCUT2D eigenvalue weighted by Crippen LogP contribution is 2.18. The highest BCUT2D eigenvalue weighted by molar-refractivity contribution is 5.80. The minimum absolute atomic E-state index is 0.191. The molecule has 29 heavy (non-hydrogen) atoms. The van der Waals surface area contributed by atoms with E-state index in [0.717, 1.165) is 23.3 Å². The molecule has 1 heterocycles. The summed E-state index contributed by atoms with van der Waals surface area (Å²) >= 11 is 0. The summed E-state index contributed by atoms with van der Waals surface area (Å²) in [6, 6.07) is 16.5. The van der Waals surface area contributed by atoms with Crippen LogP contribution in [0.1, 0.15) is 22.5 Å². The van der Waals surface area contributed by atoms with Crippen molar-refractivity contribution in [3.63, 3.8) is 0 Å². The van der Waals surface area contributed by atoms with Crippen molar-refractivity contribution in [3.8, 4) is 5.69 Å². The molecule has 144 valence electrons. The molecule has 0 unspecified atom stereocenters. The molecular weight excluding hydrogens is 370 g/mol. The van der Waals surface area contributed by atoms with Crippen LogP contribution in [-0.2, 0) is 0 Å². The van der Waals surface area contributed by atoms with E-state index in [4.69, 9.17) is 0 Å². The van der Waals surface area contributed by atoms with Gasteiger partial charge in [0.25, 0.3) is 5.56 Å². The summed E-state index contributed by atoms with van der Waals surface area (Å²) < 4.78 is 28.2. The predicted molar refractivity (Wildman–Crippen MR) is 112 cm³/mol. The van der Waals surface area contributed by atoms with Crippen LogP contribution in [0.5, 0.6) is 0 Å². The second-order valence-corrected chi connectivity index (χ2v) is 6.90. The summed E-state index contributed by atoms with van der Waals surface area (Å²) in [5, 5.41) is 0.510. The van der Waals surface area contributed by atoms with Crippen LogP contribution in [0.3, 0.4) is 0 Å². The molecule has 0 atom stereocenters. The highest BCUT2D eigenvalue weighted by Gasteiger charge is 2.12. The van der Waals surface area contributed by atoms with E-state index >= 15 is 0 Å². The van der Waals surface area contributed by atoms with Gasteiger partial charge in [-0.15, -0.1) is 0 Å². The summed E-state index contributed by atoms with van der Waals surface area (Å²) in [5.41, 5.74) is 3.72. The number of rotatable bonds is 3. The number of aryl methyl sites for hydroxylation is 2. The van der Waals surface area contributed by atoms with E-state index in [2.05, 4.69) is 4.98 Å². The van der Waals surface area contributed by atoms with Gasteiger partial charge in [0, 0.05) is 0 Å². The zero-order valence-corrected chi connectivity index (χ0v) is 16.0. The van der Waals surface area contributed by atoms with Gasteiger partial charge in [-0.05, 0) is 73.0 Å². The van der Waals surface area contributed by atoms with Crippen molar-refractivity contribution >= 4 is 23.1 Å². The van der Waals surface area contributed by atoms with Crippen LogP contribution in [0, 0.1) is 25.5 Å². The first-order valence-corrected chi connectivity index (χ1v) is 9.16. The maximum Gasteiger partial charge on any atom is 0.266 e. The van der Waals surface area contributed by atoms with Crippen molar-refractivity contribution in [1.29, 1.82) is 0 Å². The third-order valence-corrected chi connectivity index (χ3v) is 4.92. The number of halogens is 2. The number of para-hydroxylation sites is 1. The second kappa shape index (κ2) is 7.43. The third kappa shape index (κ3) is 3.59. The Balaban J connectivity index is 1.93. The molecule has 0 aliphatic rings. The van der Waals surface area contributed by atoms with Gasteiger partial charge >= 0.3 is 0 Å². The molecule has 1 aromatic heterocycles. The van der Waals surface area contributed by atoms with Crippen molar-refractivity contribution in [2.45, 2.75) is 13.8 Å². The lowest BCUT2D eigenvalue weighted by Gasteiger charge is -2.13. The second-order valence-electron chi connectivity index (χ2n) is 6.90. The molecule has 0 saturated heterocycles. The number of fused-ring (bicyclic) bond motifs is 1. The largest absolute Gasteiger partial charge is 0.268 e. The molecule has 4 rings (SSSR count). The normalized spacial score (nSPS) is 11.4. The lowest BCUT2D eigenvalue weighted by atomic mass is 10.1. The van der Waals surface area contributed by atoms with E-state index < -0.39 is 11.6 Å². The van der Waals surface area contributed by atoms with Crippen LogP contribution in [-0.4, -0.2) is 9.55 Å². The molecule has 0 N–H and O–H groups in total. The minimum Gasteiger partial charge on any atom is -0.268 e. The Morgan fingerprint density at radius 1 is 0.862 bits per heavy atom. The van der Waals surface area contributed by atoms with Crippen LogP contribution in [0.2, 0.25) is 0 Å². The number of hydrogen-bond acceptors (Lipinski definition) is 2. The minimum atomic E-state index is -0.926. The van der Waals surface area contributed by atoms with Crippen molar-refractivity contribution in [1.82, 2.24) is 9.55 Å². The summed E-state index contributed by atoms with van der Waals surface area (Å²) in [7, 11) is 0. The molecule has 5 heteroatoms. The predicted octanol–water partition coefficient (Wildman–Crippen LogP) is 5.45. The molecule has 4 aromatic rings. The van der Waals surface area contributed by atoms with Gasteiger partial charge in [-0.3, -0.25) is 9.36 Å². The monoisotopic (exact) mass is 388 g/mol. The maximum atomic E-state index is 13.5. The van der Waals surface area contributed by atoms with Crippen LogP contribution in [0.25, 0.3) is 28.7 Å². The van der Waals surface area contributed by atoms with Crippen LogP contribution in [0.15, 0.2) is 65.5 Å². The molecule has 0 amide bonds. The van der Waals surface area contributed by atoms with Gasteiger partial charge < -0.3 is 0 Å². The first-order chi connectivity index (χ1) is 13.9. The number of nitrogens with zero attached hydrogens (tertiary/aromatic N) is 2. The standard InChI is InChI=1S/C24H18F2N2O/c1-15-7-10-18(13-16(15)2)28-23(12-9-17-8-11-20(25)21(26)14-17)27-22-6-4-3-5-19(22)24(28)29/h3-14H,1-2H3. The Morgan fingerprint density at radius 2 is 1.66 bits per heavy atom. The molecule has 0 radical (unpaired) electrons. The summed E-state index contributed by atoms with van der Waals surface area (Å²) in [4.78, 5) is 17.9. The molecule has 0 spiro atoms. The molecular formula is C24H18F2N2O. The van der Waals surface area contributed by atoms with Crippen LogP contribution in [0.4, 0.5) is 8.78 Å². The lowest BCUT2D eigenvalue weighted by molar-refractivity contribution is 0.508. The van der Waals surface area contributed by atoms with Crippen molar-refractivity contribution in [2.75, 3.05) is 0 Å². The first-order valence-electron chi connectivity index (χ1n) is 9.16. The molecule has 0 aliphatic heterocycles. The fraction of sp³-hybridized carbons (Fsp3) is 0.0833. The van der Waals surface area contributed by atoms with Crippen molar-refractivity contribution < 1.29 is 8.78 Å². The summed E-state index contributed by atoms with van der Waals surface area (Å²) in [5.74, 6) is -1.43. The zero-order valence-electron chi connectivity index (χ0n) is 16.0. The highest BCUT2D eigenvalue weighted by atomic mass is 19.2. The average molecular weight is 388 g/mol. The van der Waals surface area contributed by atoms with Gasteiger partial charge in [0.15, 0.2) is 11.6 Å². The van der Waals surface area contributed by atoms with E-state index in [9.17, 15) is 13.6 Å². The molecule has 0 bridgehead atoms. The fourth-order valence-corrected chi connectivity index (χ4v) is 3.16. The van der Waals surface area contributed by atoms with Crippen LogP contribution < -0.4 is 5.56 Å². The number of aromatic nitrogens is 2. The summed E-state index contributed by atoms with van der Waals surface area (Å²) in [6.07, 6.45) is 3.24. The Hall–Kier alpha value is -3.60. The molecule has 0 aliphatic carbocycles. The van der Waals surface area contributed by atoms with E-state index in [0.29, 0.717) is 28.0 Å². The van der Waals surface area contributed by atoms with Crippen LogP contribution >= 0.6 is 0 Å². The quantitative estimate of drug-likeness (QED) is 0.468. The van der Waals surface area contributed by atoms with Gasteiger partial charge in [-0.25, -0.2) is 13.8 Å². The Bertz CT molecular complexity index is 1320. The van der Waals surface area contributed by atoms with Gasteiger partial charge in [-0.2, -0.15) is 0 Å².